The third-order valence-corrected chi connectivity index (χ3v) is 5.05. The summed E-state index contributed by atoms with van der Waals surface area (Å²) in [5, 5.41) is 16.0. The van der Waals surface area contributed by atoms with Crippen molar-refractivity contribution in [3.05, 3.63) is 41.4 Å². The highest BCUT2D eigenvalue weighted by atomic mass is 19.1. The molecule has 1 aromatic heterocycles. The van der Waals surface area contributed by atoms with E-state index in [1.807, 2.05) is 27.7 Å². The number of aromatic nitrogens is 1. The Hall–Kier alpha value is -1.84. The molecular formula is C19H27FN4O. The number of halogens is 1. The Balaban J connectivity index is 2.16. The summed E-state index contributed by atoms with van der Waals surface area (Å²) in [6.07, 6.45) is 4.91. The second-order valence-corrected chi connectivity index (χ2v) is 8.15. The maximum Gasteiger partial charge on any atom is 0.216 e. The van der Waals surface area contributed by atoms with Crippen LogP contribution in [-0.2, 0) is 6.42 Å². The Labute approximate surface area is 149 Å². The number of hydrogen-bond donors (Lipinski definition) is 1. The average molecular weight is 346 g/mol. The molecule has 2 heterocycles. The van der Waals surface area contributed by atoms with E-state index in [1.165, 1.54) is 11.3 Å². The monoisotopic (exact) mass is 346 g/mol. The van der Waals surface area contributed by atoms with Gasteiger partial charge >= 0.3 is 0 Å². The van der Waals surface area contributed by atoms with Crippen molar-refractivity contribution < 1.29 is 9.60 Å². The van der Waals surface area contributed by atoms with Gasteiger partial charge in [-0.15, -0.1) is 4.95 Å². The molecule has 25 heavy (non-hydrogen) atoms. The predicted molar refractivity (Wildman–Crippen MR) is 95.7 cm³/mol. The average Bonchev–Trinajstić information content (AvgIpc) is 2.60. The van der Waals surface area contributed by atoms with E-state index in [1.54, 1.807) is 12.1 Å². The summed E-state index contributed by atoms with van der Waals surface area (Å²) in [7, 11) is 0. The Morgan fingerprint density at radius 1 is 1.44 bits per heavy atom. The largest absolute Gasteiger partial charge is 0.313 e. The number of hydrogen-bond acceptors (Lipinski definition) is 4. The predicted octanol–water partition coefficient (Wildman–Crippen LogP) is 4.48. The Morgan fingerprint density at radius 2 is 2.16 bits per heavy atom. The molecule has 0 saturated carbocycles. The van der Waals surface area contributed by atoms with Crippen LogP contribution >= 0.6 is 0 Å². The van der Waals surface area contributed by atoms with Crippen LogP contribution in [-0.4, -0.2) is 32.0 Å². The fraction of sp³-hybridized carbons (Fsp3) is 0.632. The molecule has 1 atom stereocenters. The first-order chi connectivity index (χ1) is 11.7. The molecule has 1 N–H and O–H groups in total. The molecule has 0 amide bonds. The fourth-order valence-corrected chi connectivity index (χ4v) is 3.88. The van der Waals surface area contributed by atoms with E-state index in [0.717, 1.165) is 19.3 Å². The molecule has 0 aliphatic carbocycles. The van der Waals surface area contributed by atoms with Crippen LogP contribution in [0.4, 0.5) is 4.39 Å². The quantitative estimate of drug-likeness (QED) is 0.378. The lowest BCUT2D eigenvalue weighted by atomic mass is 9.85. The second-order valence-electron chi connectivity index (χ2n) is 8.15. The maximum atomic E-state index is 13.8. The van der Waals surface area contributed by atoms with Crippen molar-refractivity contribution in [1.82, 2.24) is 10.0 Å². The summed E-state index contributed by atoms with van der Waals surface area (Å²) in [6.45, 7) is 15.2. The third-order valence-electron chi connectivity index (χ3n) is 5.05. The lowest BCUT2D eigenvalue weighted by molar-refractivity contribution is -0.221. The van der Waals surface area contributed by atoms with Gasteiger partial charge in [0.05, 0.1) is 5.10 Å². The molecule has 0 spiro atoms. The van der Waals surface area contributed by atoms with Gasteiger partial charge in [-0.25, -0.2) is 4.98 Å². The van der Waals surface area contributed by atoms with Gasteiger partial charge in [0, 0.05) is 29.3 Å². The van der Waals surface area contributed by atoms with Crippen molar-refractivity contribution in [1.29, 1.82) is 0 Å². The summed E-state index contributed by atoms with van der Waals surface area (Å²) in [5.74, 6) is -0.226. The van der Waals surface area contributed by atoms with E-state index in [-0.39, 0.29) is 17.0 Å². The first kappa shape index (κ1) is 19.5. The molecule has 2 rings (SSSR count). The van der Waals surface area contributed by atoms with Gasteiger partial charge in [-0.1, -0.05) is 6.07 Å². The number of hydroxylamine groups is 2. The van der Waals surface area contributed by atoms with E-state index >= 15 is 0 Å². The van der Waals surface area contributed by atoms with E-state index in [0.29, 0.717) is 24.1 Å². The minimum atomic E-state index is -0.510. The molecule has 5 nitrogen and oxygen atoms in total. The van der Waals surface area contributed by atoms with Crippen LogP contribution in [0.25, 0.3) is 4.95 Å². The van der Waals surface area contributed by atoms with E-state index in [2.05, 4.69) is 15.0 Å². The van der Waals surface area contributed by atoms with Crippen molar-refractivity contribution in [2.45, 2.75) is 70.9 Å². The smallest absolute Gasteiger partial charge is 0.216 e. The molecule has 0 bridgehead atoms. The lowest BCUT2D eigenvalue weighted by Gasteiger charge is -2.42. The third kappa shape index (κ3) is 4.83. The summed E-state index contributed by atoms with van der Waals surface area (Å²) in [4.78, 5) is 6.83. The number of nitrogens with zero attached hydrogens (tertiary/aromatic N) is 4. The zero-order chi connectivity index (χ0) is 18.7. The van der Waals surface area contributed by atoms with Gasteiger partial charge in [0.1, 0.15) is 5.71 Å². The number of rotatable bonds is 4. The molecule has 1 aliphatic heterocycles. The van der Waals surface area contributed by atoms with Crippen LogP contribution in [0.1, 0.15) is 58.9 Å². The lowest BCUT2D eigenvalue weighted by Crippen LogP contribution is -2.52. The summed E-state index contributed by atoms with van der Waals surface area (Å²) >= 11 is 0. The van der Waals surface area contributed by atoms with Crippen molar-refractivity contribution in [3.8, 4) is 0 Å². The van der Waals surface area contributed by atoms with Gasteiger partial charge in [-0.3, -0.25) is 0 Å². The highest BCUT2D eigenvalue weighted by Gasteiger charge is 2.42. The minimum absolute atomic E-state index is 0.284. The molecule has 0 radical (unpaired) electrons. The normalized spacial score (nSPS) is 23.7. The van der Waals surface area contributed by atoms with Crippen molar-refractivity contribution in [2.75, 3.05) is 0 Å². The fourth-order valence-electron chi connectivity index (χ4n) is 3.88. The first-order valence-electron chi connectivity index (χ1n) is 8.66. The molecule has 0 aromatic carbocycles. The van der Waals surface area contributed by atoms with Gasteiger partial charge in [0.25, 0.3) is 0 Å². The van der Waals surface area contributed by atoms with Gasteiger partial charge in [0.2, 0.25) is 5.95 Å². The molecule has 6 heteroatoms. The van der Waals surface area contributed by atoms with Crippen LogP contribution in [0, 0.1) is 18.4 Å². The Kier molecular flexibility index (Phi) is 5.91. The Morgan fingerprint density at radius 3 is 2.80 bits per heavy atom. The van der Waals surface area contributed by atoms with E-state index in [9.17, 15) is 9.60 Å². The van der Waals surface area contributed by atoms with E-state index in [4.69, 9.17) is 6.57 Å². The van der Waals surface area contributed by atoms with Crippen LogP contribution in [0.15, 0.2) is 23.4 Å². The van der Waals surface area contributed by atoms with Gasteiger partial charge in [0.15, 0.2) is 0 Å². The maximum absolute atomic E-state index is 13.8. The summed E-state index contributed by atoms with van der Waals surface area (Å²) in [6, 6.07) is 3.37. The summed E-state index contributed by atoms with van der Waals surface area (Å²) in [5.41, 5.74) is 0.465. The molecular weight excluding hydrogens is 319 g/mol. The number of pyridine rings is 1. The van der Waals surface area contributed by atoms with Gasteiger partial charge in [-0.05, 0) is 65.4 Å². The van der Waals surface area contributed by atoms with Crippen molar-refractivity contribution in [2.24, 2.45) is 11.0 Å². The van der Waals surface area contributed by atoms with Crippen LogP contribution in [0.5, 0.6) is 0 Å². The van der Waals surface area contributed by atoms with Crippen molar-refractivity contribution in [3.63, 3.8) is 0 Å². The zero-order valence-corrected chi connectivity index (χ0v) is 15.5. The van der Waals surface area contributed by atoms with Crippen LogP contribution in [0.2, 0.25) is 0 Å². The topological polar surface area (TPSA) is 53.1 Å². The minimum Gasteiger partial charge on any atom is -0.313 e. The standard InChI is InChI=1S/C19H27FN4O/c1-18(2)9-8-14(13-19(3,4)24(18)25)11-16(23-21-5)12-15-7-6-10-22-17(15)20/h6-7,10,14,25H,8-9,11-13H2,1-4H3/b23-16-. The molecule has 136 valence electrons. The highest BCUT2D eigenvalue weighted by Crippen LogP contribution is 2.39. The second kappa shape index (κ2) is 7.59. The zero-order valence-electron chi connectivity index (χ0n) is 15.5. The SMILES string of the molecule is [C-]#[N+]/N=C(\Cc1cccnc1F)CC1CCC(C)(C)N(O)C(C)(C)C1. The van der Waals surface area contributed by atoms with Crippen molar-refractivity contribution >= 4 is 5.71 Å². The Bertz CT molecular complexity index is 678. The van der Waals surface area contributed by atoms with Gasteiger partial charge < -0.3 is 5.21 Å². The molecule has 1 unspecified atom stereocenters. The van der Waals surface area contributed by atoms with Gasteiger partial charge in [-0.2, -0.15) is 16.0 Å². The highest BCUT2D eigenvalue weighted by molar-refractivity contribution is 5.87. The molecule has 1 fully saturated rings. The van der Waals surface area contributed by atoms with Crippen LogP contribution < -0.4 is 0 Å². The van der Waals surface area contributed by atoms with Crippen LogP contribution in [0.3, 0.4) is 0 Å². The van der Waals surface area contributed by atoms with E-state index < -0.39 is 5.95 Å². The molecule has 1 saturated heterocycles. The molecule has 1 aliphatic rings. The summed E-state index contributed by atoms with van der Waals surface area (Å²) < 4.78 is 13.8. The first-order valence-corrected chi connectivity index (χ1v) is 8.66. The molecule has 1 aromatic rings.